The number of aliphatic hydroxyl groups excluding tert-OH is 1. The van der Waals surface area contributed by atoms with Crippen LogP contribution in [-0.2, 0) is 6.42 Å². The van der Waals surface area contributed by atoms with Gasteiger partial charge in [0, 0.05) is 5.33 Å². The number of aromatic hydroxyl groups is 1. The van der Waals surface area contributed by atoms with Crippen LogP contribution in [0.15, 0.2) is 18.2 Å². The molecule has 0 spiro atoms. The average Bonchev–Trinajstić information content (AvgIpc) is 2.85. The Morgan fingerprint density at radius 1 is 1.24 bits per heavy atom. The zero-order valence-electron chi connectivity index (χ0n) is 15.3. The summed E-state index contributed by atoms with van der Waals surface area (Å²) in [4.78, 5) is 0. The van der Waals surface area contributed by atoms with Gasteiger partial charge in [0.05, 0.1) is 6.10 Å². The molecule has 6 atom stereocenters. The molecule has 3 aliphatic carbocycles. The van der Waals surface area contributed by atoms with Crippen LogP contribution in [0.2, 0.25) is 0 Å². The third-order valence-corrected chi connectivity index (χ3v) is 8.32. The normalized spacial score (nSPS) is 39.6. The molecule has 3 aliphatic rings. The number of aryl methyl sites for hydroxylation is 1. The molecule has 2 nitrogen and oxygen atoms in total. The van der Waals surface area contributed by atoms with Crippen molar-refractivity contribution in [3.8, 4) is 5.75 Å². The molecule has 0 bridgehead atoms. The standard InChI is InChI=1S/C22H31BrO2/c1-22-10-9-18-17-8-6-16(24)12-14(17)5-7-19(18)21(22)15(13-20(22)25)4-2-3-11-23/h6,8,12,15,18-21,24-25H,2-5,7,9-11,13H2,1H3/t15?,18-,19-,20?,21+,22-/m1/s1. The van der Waals surface area contributed by atoms with Gasteiger partial charge in [-0.2, -0.15) is 0 Å². The second-order valence-electron chi connectivity index (χ2n) is 8.96. The first-order chi connectivity index (χ1) is 12.0. The molecule has 0 amide bonds. The van der Waals surface area contributed by atoms with Crippen molar-refractivity contribution < 1.29 is 10.2 Å². The van der Waals surface area contributed by atoms with Crippen molar-refractivity contribution >= 4 is 15.9 Å². The minimum Gasteiger partial charge on any atom is -0.508 e. The predicted octanol–water partition coefficient (Wildman–Crippen LogP) is 5.40. The van der Waals surface area contributed by atoms with Gasteiger partial charge in [-0.25, -0.2) is 0 Å². The number of fused-ring (bicyclic) bond motifs is 5. The van der Waals surface area contributed by atoms with Crippen molar-refractivity contribution in [2.24, 2.45) is 23.2 Å². The first-order valence-electron chi connectivity index (χ1n) is 10.1. The molecule has 2 unspecified atom stereocenters. The van der Waals surface area contributed by atoms with Crippen molar-refractivity contribution in [1.82, 2.24) is 0 Å². The van der Waals surface area contributed by atoms with Gasteiger partial charge in [-0.3, -0.25) is 0 Å². The fraction of sp³-hybridized carbons (Fsp3) is 0.727. The number of aliphatic hydroxyl groups is 1. The van der Waals surface area contributed by atoms with E-state index in [9.17, 15) is 10.2 Å². The van der Waals surface area contributed by atoms with E-state index in [1.165, 1.54) is 43.2 Å². The van der Waals surface area contributed by atoms with Gasteiger partial charge in [0.15, 0.2) is 0 Å². The van der Waals surface area contributed by atoms with Crippen molar-refractivity contribution in [3.05, 3.63) is 29.3 Å². The Bertz CT molecular complexity index is 630. The number of hydrogen-bond donors (Lipinski definition) is 2. The van der Waals surface area contributed by atoms with Gasteiger partial charge in [-0.15, -0.1) is 0 Å². The summed E-state index contributed by atoms with van der Waals surface area (Å²) in [5, 5.41) is 21.8. The number of rotatable bonds is 4. The number of phenolic OH excluding ortho intramolecular Hbond substituents is 1. The molecule has 1 aromatic carbocycles. The smallest absolute Gasteiger partial charge is 0.115 e. The summed E-state index contributed by atoms with van der Waals surface area (Å²) in [5.74, 6) is 3.10. The molecule has 2 N–H and O–H groups in total. The fourth-order valence-corrected chi connectivity index (χ4v) is 7.02. The van der Waals surface area contributed by atoms with Crippen LogP contribution in [-0.4, -0.2) is 21.6 Å². The summed E-state index contributed by atoms with van der Waals surface area (Å²) in [6.07, 6.45) is 9.33. The summed E-state index contributed by atoms with van der Waals surface area (Å²) < 4.78 is 0. The first kappa shape index (κ1) is 17.9. The lowest BCUT2D eigenvalue weighted by Gasteiger charge is -2.51. The van der Waals surface area contributed by atoms with E-state index in [1.54, 1.807) is 0 Å². The number of halogens is 1. The van der Waals surface area contributed by atoms with Gasteiger partial charge < -0.3 is 10.2 Å². The Morgan fingerprint density at radius 2 is 2.08 bits per heavy atom. The summed E-state index contributed by atoms with van der Waals surface area (Å²) in [6, 6.07) is 6.03. The summed E-state index contributed by atoms with van der Waals surface area (Å²) in [5.41, 5.74) is 2.96. The summed E-state index contributed by atoms with van der Waals surface area (Å²) >= 11 is 3.56. The van der Waals surface area contributed by atoms with Crippen LogP contribution < -0.4 is 0 Å². The third kappa shape index (κ3) is 2.96. The second kappa shape index (κ2) is 6.88. The maximum atomic E-state index is 10.9. The summed E-state index contributed by atoms with van der Waals surface area (Å²) in [7, 11) is 0. The maximum absolute atomic E-state index is 10.9. The molecule has 0 radical (unpaired) electrons. The van der Waals surface area contributed by atoms with E-state index < -0.39 is 0 Å². The van der Waals surface area contributed by atoms with E-state index in [4.69, 9.17) is 0 Å². The van der Waals surface area contributed by atoms with Crippen molar-refractivity contribution in [1.29, 1.82) is 0 Å². The molecular formula is C22H31BrO2. The van der Waals surface area contributed by atoms with Crippen molar-refractivity contribution in [3.63, 3.8) is 0 Å². The second-order valence-corrected chi connectivity index (χ2v) is 9.75. The predicted molar refractivity (Wildman–Crippen MR) is 105 cm³/mol. The lowest BCUT2D eigenvalue weighted by molar-refractivity contribution is -0.0305. The fourth-order valence-electron chi connectivity index (χ4n) is 6.62. The molecular weight excluding hydrogens is 376 g/mol. The van der Waals surface area contributed by atoms with E-state index in [1.807, 2.05) is 12.1 Å². The Labute approximate surface area is 160 Å². The van der Waals surface area contributed by atoms with Crippen LogP contribution in [0, 0.1) is 23.2 Å². The largest absolute Gasteiger partial charge is 0.508 e. The minimum absolute atomic E-state index is 0.117. The highest BCUT2D eigenvalue weighted by Crippen LogP contribution is 2.63. The van der Waals surface area contributed by atoms with Gasteiger partial charge in [-0.05, 0) is 90.9 Å². The van der Waals surface area contributed by atoms with Gasteiger partial charge in [0.25, 0.3) is 0 Å². The molecule has 4 rings (SSSR count). The molecule has 0 heterocycles. The van der Waals surface area contributed by atoms with Crippen LogP contribution in [0.25, 0.3) is 0 Å². The number of unbranched alkanes of at least 4 members (excludes halogenated alkanes) is 1. The Balaban J connectivity index is 1.62. The highest BCUT2D eigenvalue weighted by molar-refractivity contribution is 9.09. The highest BCUT2D eigenvalue weighted by Gasteiger charge is 2.58. The molecule has 0 aliphatic heterocycles. The topological polar surface area (TPSA) is 40.5 Å². The lowest BCUT2D eigenvalue weighted by atomic mass is 9.53. The van der Waals surface area contributed by atoms with E-state index in [0.29, 0.717) is 29.4 Å². The van der Waals surface area contributed by atoms with Gasteiger partial charge in [0.1, 0.15) is 5.75 Å². The number of alkyl halides is 1. The molecule has 2 saturated carbocycles. The summed E-state index contributed by atoms with van der Waals surface area (Å²) in [6.45, 7) is 2.37. The van der Waals surface area contributed by atoms with Crippen LogP contribution >= 0.6 is 15.9 Å². The van der Waals surface area contributed by atoms with Gasteiger partial charge >= 0.3 is 0 Å². The van der Waals surface area contributed by atoms with Crippen LogP contribution in [0.3, 0.4) is 0 Å². The highest BCUT2D eigenvalue weighted by atomic mass is 79.9. The van der Waals surface area contributed by atoms with Crippen LogP contribution in [0.1, 0.15) is 68.9 Å². The van der Waals surface area contributed by atoms with Gasteiger partial charge in [-0.1, -0.05) is 41.8 Å². The molecule has 0 aromatic heterocycles. The molecule has 0 saturated heterocycles. The van der Waals surface area contributed by atoms with E-state index in [2.05, 4.69) is 28.9 Å². The minimum atomic E-state index is -0.117. The monoisotopic (exact) mass is 406 g/mol. The Morgan fingerprint density at radius 3 is 2.88 bits per heavy atom. The number of phenols is 1. The Hall–Kier alpha value is -0.540. The molecule has 1 aromatic rings. The quantitative estimate of drug-likeness (QED) is 0.518. The zero-order valence-corrected chi connectivity index (χ0v) is 16.8. The van der Waals surface area contributed by atoms with Crippen LogP contribution in [0.4, 0.5) is 0 Å². The molecule has 3 heteroatoms. The van der Waals surface area contributed by atoms with Crippen molar-refractivity contribution in [2.45, 2.75) is 70.3 Å². The van der Waals surface area contributed by atoms with E-state index >= 15 is 0 Å². The third-order valence-electron chi connectivity index (χ3n) is 7.76. The van der Waals surface area contributed by atoms with E-state index in [-0.39, 0.29) is 11.5 Å². The van der Waals surface area contributed by atoms with E-state index in [0.717, 1.165) is 24.6 Å². The first-order valence-corrected chi connectivity index (χ1v) is 11.2. The molecule has 2 fully saturated rings. The Kier molecular flexibility index (Phi) is 4.92. The van der Waals surface area contributed by atoms with Gasteiger partial charge in [0.2, 0.25) is 0 Å². The number of benzene rings is 1. The lowest BCUT2D eigenvalue weighted by Crippen LogP contribution is -2.45. The van der Waals surface area contributed by atoms with Crippen LogP contribution in [0.5, 0.6) is 5.75 Å². The molecule has 25 heavy (non-hydrogen) atoms. The zero-order chi connectivity index (χ0) is 17.6. The number of hydrogen-bond acceptors (Lipinski definition) is 2. The average molecular weight is 407 g/mol. The maximum Gasteiger partial charge on any atom is 0.115 e. The SMILES string of the molecule is C[C@]12CC[C@@H]3c4ccc(O)cc4CC[C@H]3[C@@H]1C(CCCCBr)CC2O. The van der Waals surface area contributed by atoms with Crippen molar-refractivity contribution in [2.75, 3.05) is 5.33 Å². The molecule has 138 valence electrons.